The van der Waals surface area contributed by atoms with Gasteiger partial charge < -0.3 is 10.1 Å². The quantitative estimate of drug-likeness (QED) is 0.534. The highest BCUT2D eigenvalue weighted by molar-refractivity contribution is 5.22. The predicted molar refractivity (Wildman–Crippen MR) is 77.8 cm³/mol. The molecule has 2 nitrogen and oxygen atoms in total. The molecule has 0 unspecified atom stereocenters. The largest absolute Gasteiger partial charge is 0.373 e. The Balaban J connectivity index is 2.24. The van der Waals surface area contributed by atoms with Gasteiger partial charge in [0.1, 0.15) is 0 Å². The minimum Gasteiger partial charge on any atom is -0.373 e. The van der Waals surface area contributed by atoms with Crippen LogP contribution in [0.25, 0.3) is 0 Å². The summed E-state index contributed by atoms with van der Waals surface area (Å²) in [5.74, 6) is 0. The number of nitrogens with one attached hydrogen (secondary N) is 1. The van der Waals surface area contributed by atoms with Gasteiger partial charge in [0.05, 0.1) is 13.2 Å². The van der Waals surface area contributed by atoms with Crippen molar-refractivity contribution in [3.8, 4) is 0 Å². The van der Waals surface area contributed by atoms with Gasteiger partial charge in [0.2, 0.25) is 0 Å². The highest BCUT2D eigenvalue weighted by Crippen LogP contribution is 2.06. The van der Waals surface area contributed by atoms with Gasteiger partial charge in [0.25, 0.3) is 0 Å². The van der Waals surface area contributed by atoms with Crippen molar-refractivity contribution in [3.05, 3.63) is 47.5 Å². The smallest absolute Gasteiger partial charge is 0.0721 e. The molecule has 18 heavy (non-hydrogen) atoms. The third-order valence-electron chi connectivity index (χ3n) is 2.76. The molecule has 0 saturated heterocycles. The predicted octanol–water partition coefficient (Wildman–Crippen LogP) is 3.32. The zero-order valence-corrected chi connectivity index (χ0v) is 11.6. The Labute approximate surface area is 111 Å². The number of rotatable bonds is 9. The van der Waals surface area contributed by atoms with E-state index in [4.69, 9.17) is 4.74 Å². The van der Waals surface area contributed by atoms with Crippen molar-refractivity contribution in [1.82, 2.24) is 5.32 Å². The lowest BCUT2D eigenvalue weighted by atomic mass is 10.1. The molecule has 0 aromatic heterocycles. The van der Waals surface area contributed by atoms with Crippen molar-refractivity contribution >= 4 is 0 Å². The molecule has 0 amide bonds. The first-order valence-corrected chi connectivity index (χ1v) is 6.84. The Bertz CT molecular complexity index is 329. The van der Waals surface area contributed by atoms with E-state index in [9.17, 15) is 0 Å². The second kappa shape index (κ2) is 9.86. The van der Waals surface area contributed by atoms with Crippen LogP contribution in [0.2, 0.25) is 0 Å². The van der Waals surface area contributed by atoms with Gasteiger partial charge in [-0.25, -0.2) is 0 Å². The van der Waals surface area contributed by atoms with Crippen LogP contribution >= 0.6 is 0 Å². The Morgan fingerprint density at radius 3 is 2.50 bits per heavy atom. The summed E-state index contributed by atoms with van der Waals surface area (Å²) in [6.07, 6.45) is 6.32. The van der Waals surface area contributed by atoms with Gasteiger partial charge in [-0.3, -0.25) is 0 Å². The van der Waals surface area contributed by atoms with Crippen LogP contribution in [0.4, 0.5) is 0 Å². The SMILES string of the molecule is C/C=C/COCc1ccc(CCNCCC)cc1. The maximum Gasteiger partial charge on any atom is 0.0721 e. The van der Waals surface area contributed by atoms with E-state index in [-0.39, 0.29) is 0 Å². The summed E-state index contributed by atoms with van der Waals surface area (Å²) in [5, 5.41) is 3.41. The van der Waals surface area contributed by atoms with Gasteiger partial charge in [0.15, 0.2) is 0 Å². The molecule has 0 bridgehead atoms. The van der Waals surface area contributed by atoms with Crippen molar-refractivity contribution in [1.29, 1.82) is 0 Å². The molecular weight excluding hydrogens is 222 g/mol. The highest BCUT2D eigenvalue weighted by Gasteiger charge is 1.95. The Morgan fingerprint density at radius 2 is 1.83 bits per heavy atom. The molecule has 0 aliphatic carbocycles. The molecule has 0 saturated carbocycles. The van der Waals surface area contributed by atoms with Crippen molar-refractivity contribution in [2.75, 3.05) is 19.7 Å². The lowest BCUT2D eigenvalue weighted by Gasteiger charge is -2.05. The average Bonchev–Trinajstić information content (AvgIpc) is 2.41. The maximum absolute atomic E-state index is 5.51. The van der Waals surface area contributed by atoms with Crippen LogP contribution in [0, 0.1) is 0 Å². The van der Waals surface area contributed by atoms with Gasteiger partial charge in [-0.1, -0.05) is 43.3 Å². The molecule has 2 heteroatoms. The molecule has 1 rings (SSSR count). The summed E-state index contributed by atoms with van der Waals surface area (Å²) < 4.78 is 5.51. The molecule has 0 aliphatic rings. The van der Waals surface area contributed by atoms with E-state index in [0.29, 0.717) is 13.2 Å². The number of hydrogen-bond donors (Lipinski definition) is 1. The molecule has 0 heterocycles. The summed E-state index contributed by atoms with van der Waals surface area (Å²) in [4.78, 5) is 0. The van der Waals surface area contributed by atoms with E-state index >= 15 is 0 Å². The van der Waals surface area contributed by atoms with E-state index in [1.165, 1.54) is 17.5 Å². The van der Waals surface area contributed by atoms with Gasteiger partial charge in [-0.15, -0.1) is 0 Å². The minimum absolute atomic E-state index is 0.693. The third-order valence-corrected chi connectivity index (χ3v) is 2.76. The van der Waals surface area contributed by atoms with Crippen molar-refractivity contribution < 1.29 is 4.74 Å². The summed E-state index contributed by atoms with van der Waals surface area (Å²) in [6, 6.07) is 8.71. The summed E-state index contributed by atoms with van der Waals surface area (Å²) in [5.41, 5.74) is 2.63. The number of allylic oxidation sites excluding steroid dienone is 1. The van der Waals surface area contributed by atoms with Crippen LogP contribution in [-0.4, -0.2) is 19.7 Å². The van der Waals surface area contributed by atoms with Gasteiger partial charge in [0, 0.05) is 0 Å². The molecule has 1 aromatic rings. The van der Waals surface area contributed by atoms with Crippen molar-refractivity contribution in [2.45, 2.75) is 33.3 Å². The molecule has 0 atom stereocenters. The molecule has 0 spiro atoms. The zero-order valence-electron chi connectivity index (χ0n) is 11.6. The van der Waals surface area contributed by atoms with E-state index in [2.05, 4.69) is 36.5 Å². The minimum atomic E-state index is 0.693. The molecule has 100 valence electrons. The second-order valence-corrected chi connectivity index (χ2v) is 4.40. The van der Waals surface area contributed by atoms with E-state index in [0.717, 1.165) is 19.5 Å². The van der Waals surface area contributed by atoms with Crippen LogP contribution in [-0.2, 0) is 17.8 Å². The first-order valence-electron chi connectivity index (χ1n) is 6.84. The molecular formula is C16H25NO. The van der Waals surface area contributed by atoms with Crippen LogP contribution in [0.5, 0.6) is 0 Å². The molecule has 0 radical (unpaired) electrons. The van der Waals surface area contributed by atoms with Crippen molar-refractivity contribution in [2.24, 2.45) is 0 Å². The monoisotopic (exact) mass is 247 g/mol. The fourth-order valence-corrected chi connectivity index (χ4v) is 1.68. The van der Waals surface area contributed by atoms with Crippen LogP contribution < -0.4 is 5.32 Å². The van der Waals surface area contributed by atoms with E-state index < -0.39 is 0 Å². The molecule has 1 aromatic carbocycles. The summed E-state index contributed by atoms with van der Waals surface area (Å²) in [6.45, 7) is 7.75. The maximum atomic E-state index is 5.51. The van der Waals surface area contributed by atoms with Crippen LogP contribution in [0.1, 0.15) is 31.4 Å². The summed E-state index contributed by atoms with van der Waals surface area (Å²) >= 11 is 0. The lowest BCUT2D eigenvalue weighted by Crippen LogP contribution is -2.17. The highest BCUT2D eigenvalue weighted by atomic mass is 16.5. The molecule has 1 N–H and O–H groups in total. The number of ether oxygens (including phenoxy) is 1. The normalized spacial score (nSPS) is 11.2. The van der Waals surface area contributed by atoms with Crippen LogP contribution in [0.3, 0.4) is 0 Å². The summed E-state index contributed by atoms with van der Waals surface area (Å²) in [7, 11) is 0. The molecule has 0 aliphatic heterocycles. The van der Waals surface area contributed by atoms with Gasteiger partial charge >= 0.3 is 0 Å². The lowest BCUT2D eigenvalue weighted by molar-refractivity contribution is 0.148. The first-order chi connectivity index (χ1) is 8.86. The molecule has 0 fully saturated rings. The van der Waals surface area contributed by atoms with Crippen LogP contribution in [0.15, 0.2) is 36.4 Å². The number of benzene rings is 1. The van der Waals surface area contributed by atoms with Gasteiger partial charge in [-0.05, 0) is 44.0 Å². The third kappa shape index (κ3) is 6.58. The first kappa shape index (κ1) is 14.9. The Kier molecular flexibility index (Phi) is 8.19. The fraction of sp³-hybridized carbons (Fsp3) is 0.500. The Morgan fingerprint density at radius 1 is 1.11 bits per heavy atom. The fourth-order valence-electron chi connectivity index (χ4n) is 1.68. The van der Waals surface area contributed by atoms with E-state index in [1.807, 2.05) is 19.1 Å². The van der Waals surface area contributed by atoms with E-state index in [1.54, 1.807) is 0 Å². The zero-order chi connectivity index (χ0) is 13.1. The number of hydrogen-bond acceptors (Lipinski definition) is 2. The Hall–Kier alpha value is -1.12. The van der Waals surface area contributed by atoms with Crippen molar-refractivity contribution in [3.63, 3.8) is 0 Å². The second-order valence-electron chi connectivity index (χ2n) is 4.40. The standard InChI is InChI=1S/C16H25NO/c1-3-5-13-18-14-16-8-6-15(7-9-16)10-12-17-11-4-2/h3,5-9,17H,4,10-14H2,1-2H3/b5-3+. The van der Waals surface area contributed by atoms with Gasteiger partial charge in [-0.2, -0.15) is 0 Å². The topological polar surface area (TPSA) is 21.3 Å². The average molecular weight is 247 g/mol.